The van der Waals surface area contributed by atoms with Crippen molar-refractivity contribution < 1.29 is 0 Å². The number of rotatable bonds is 1. The lowest BCUT2D eigenvalue weighted by Crippen LogP contribution is -2.51. The molecule has 2 aromatic rings. The fraction of sp³-hybridized carbons (Fsp3) is 0.533. The summed E-state index contributed by atoms with van der Waals surface area (Å²) in [6, 6.07) is 7.16. The molecular formula is C15H20N4. The molecule has 4 heteroatoms. The molecule has 1 unspecified atom stereocenters. The molecule has 0 bridgehead atoms. The first-order valence-corrected chi connectivity index (χ1v) is 7.16. The van der Waals surface area contributed by atoms with Crippen molar-refractivity contribution in [1.29, 1.82) is 0 Å². The number of imidazole rings is 1. The van der Waals surface area contributed by atoms with Crippen molar-refractivity contribution in [2.24, 2.45) is 0 Å². The van der Waals surface area contributed by atoms with Gasteiger partial charge in [-0.1, -0.05) is 12.1 Å². The van der Waals surface area contributed by atoms with Crippen LogP contribution in [0.5, 0.6) is 0 Å². The van der Waals surface area contributed by atoms with E-state index in [1.165, 1.54) is 43.7 Å². The monoisotopic (exact) mass is 256 g/mol. The van der Waals surface area contributed by atoms with Gasteiger partial charge in [-0.05, 0) is 25.1 Å². The molecule has 3 heterocycles. The Kier molecular flexibility index (Phi) is 2.60. The summed E-state index contributed by atoms with van der Waals surface area (Å²) in [5.41, 5.74) is 3.97. The van der Waals surface area contributed by atoms with Crippen LogP contribution in [0.2, 0.25) is 0 Å². The van der Waals surface area contributed by atoms with E-state index in [-0.39, 0.29) is 0 Å². The average molecular weight is 256 g/mol. The summed E-state index contributed by atoms with van der Waals surface area (Å²) >= 11 is 0. The molecule has 1 aromatic carbocycles. The van der Waals surface area contributed by atoms with E-state index in [1.807, 2.05) is 6.33 Å². The Morgan fingerprint density at radius 1 is 1.16 bits per heavy atom. The highest BCUT2D eigenvalue weighted by Crippen LogP contribution is 2.26. The largest absolute Gasteiger partial charge is 0.329 e. The minimum absolute atomic E-state index is 0.640. The number of hydrogen-bond donors (Lipinski definition) is 0. The lowest BCUT2D eigenvalue weighted by atomic mass is 9.99. The molecule has 4 nitrogen and oxygen atoms in total. The zero-order valence-electron chi connectivity index (χ0n) is 11.4. The van der Waals surface area contributed by atoms with Crippen molar-refractivity contribution in [3.8, 4) is 0 Å². The maximum absolute atomic E-state index is 4.52. The summed E-state index contributed by atoms with van der Waals surface area (Å²) in [6.07, 6.45) is 3.18. The molecule has 0 radical (unpaired) electrons. The Bertz CT molecular complexity index is 595. The summed E-state index contributed by atoms with van der Waals surface area (Å²) in [6.45, 7) is 5.87. The molecule has 1 atom stereocenters. The predicted molar refractivity (Wildman–Crippen MR) is 76.3 cm³/mol. The molecule has 1 fully saturated rings. The average Bonchev–Trinajstić information content (AvgIpc) is 2.85. The maximum Gasteiger partial charge on any atom is 0.0958 e. The number of likely N-dealkylation sites (N-methyl/N-ethyl adjacent to an activating group) is 1. The molecule has 0 amide bonds. The quantitative estimate of drug-likeness (QED) is 0.766. The van der Waals surface area contributed by atoms with Crippen LogP contribution in [0, 0.1) is 0 Å². The number of para-hydroxylation sites is 1. The number of hydrogen-bond acceptors (Lipinski definition) is 3. The molecule has 0 saturated carbocycles. The first-order valence-electron chi connectivity index (χ1n) is 7.16. The van der Waals surface area contributed by atoms with E-state index in [2.05, 4.69) is 44.6 Å². The predicted octanol–water partition coefficient (Wildman–Crippen LogP) is 1.21. The van der Waals surface area contributed by atoms with Crippen molar-refractivity contribution in [1.82, 2.24) is 19.4 Å². The molecule has 0 spiro atoms. The first kappa shape index (κ1) is 11.4. The van der Waals surface area contributed by atoms with E-state index in [0.717, 1.165) is 12.1 Å². The number of benzene rings is 1. The number of aromatic nitrogens is 2. The first-order chi connectivity index (χ1) is 9.31. The SMILES string of the molecule is CN1CCN(C2Cc3cccc4ncn(c34)C2)CC1. The molecular weight excluding hydrogens is 236 g/mol. The van der Waals surface area contributed by atoms with Crippen molar-refractivity contribution in [3.05, 3.63) is 30.1 Å². The molecule has 4 rings (SSSR count). The summed E-state index contributed by atoms with van der Waals surface area (Å²) in [5, 5.41) is 0. The summed E-state index contributed by atoms with van der Waals surface area (Å²) < 4.78 is 2.34. The van der Waals surface area contributed by atoms with Gasteiger partial charge in [-0.2, -0.15) is 0 Å². The van der Waals surface area contributed by atoms with E-state index < -0.39 is 0 Å². The fourth-order valence-electron chi connectivity index (χ4n) is 3.48. The van der Waals surface area contributed by atoms with Gasteiger partial charge in [0.05, 0.1) is 17.4 Å². The molecule has 100 valence electrons. The minimum Gasteiger partial charge on any atom is -0.329 e. The summed E-state index contributed by atoms with van der Waals surface area (Å²) in [7, 11) is 2.22. The van der Waals surface area contributed by atoms with E-state index in [9.17, 15) is 0 Å². The zero-order chi connectivity index (χ0) is 12.8. The Balaban J connectivity index is 1.62. The van der Waals surface area contributed by atoms with Crippen LogP contribution in [-0.2, 0) is 13.0 Å². The van der Waals surface area contributed by atoms with Gasteiger partial charge in [0.2, 0.25) is 0 Å². The highest BCUT2D eigenvalue weighted by Gasteiger charge is 2.27. The van der Waals surface area contributed by atoms with Crippen LogP contribution in [0.1, 0.15) is 5.56 Å². The van der Waals surface area contributed by atoms with E-state index in [4.69, 9.17) is 0 Å². The minimum atomic E-state index is 0.640. The Morgan fingerprint density at radius 3 is 2.84 bits per heavy atom. The second-order valence-electron chi connectivity index (χ2n) is 5.88. The molecule has 19 heavy (non-hydrogen) atoms. The van der Waals surface area contributed by atoms with Gasteiger partial charge in [0.1, 0.15) is 0 Å². The number of nitrogens with zero attached hydrogens (tertiary/aromatic N) is 4. The van der Waals surface area contributed by atoms with Crippen molar-refractivity contribution in [3.63, 3.8) is 0 Å². The fourth-order valence-corrected chi connectivity index (χ4v) is 3.48. The second kappa shape index (κ2) is 4.32. The van der Waals surface area contributed by atoms with Crippen LogP contribution in [0.25, 0.3) is 11.0 Å². The molecule has 0 aliphatic carbocycles. The van der Waals surface area contributed by atoms with Gasteiger partial charge in [0.25, 0.3) is 0 Å². The number of piperazine rings is 1. The molecule has 1 aromatic heterocycles. The third-order valence-electron chi connectivity index (χ3n) is 4.64. The van der Waals surface area contributed by atoms with Crippen molar-refractivity contribution >= 4 is 11.0 Å². The second-order valence-corrected chi connectivity index (χ2v) is 5.88. The van der Waals surface area contributed by atoms with Gasteiger partial charge < -0.3 is 9.47 Å². The normalized spacial score (nSPS) is 25.0. The van der Waals surface area contributed by atoms with Gasteiger partial charge in [0, 0.05) is 38.8 Å². The Morgan fingerprint density at radius 2 is 2.00 bits per heavy atom. The van der Waals surface area contributed by atoms with Crippen LogP contribution >= 0.6 is 0 Å². The van der Waals surface area contributed by atoms with Crippen LogP contribution < -0.4 is 0 Å². The van der Waals surface area contributed by atoms with Crippen molar-refractivity contribution in [2.75, 3.05) is 33.2 Å². The van der Waals surface area contributed by atoms with Gasteiger partial charge >= 0.3 is 0 Å². The van der Waals surface area contributed by atoms with E-state index in [1.54, 1.807) is 0 Å². The van der Waals surface area contributed by atoms with Crippen LogP contribution in [0.15, 0.2) is 24.5 Å². The van der Waals surface area contributed by atoms with E-state index >= 15 is 0 Å². The lowest BCUT2D eigenvalue weighted by Gasteiger charge is -2.39. The Labute approximate surface area is 113 Å². The highest BCUT2D eigenvalue weighted by atomic mass is 15.3. The van der Waals surface area contributed by atoms with E-state index in [0.29, 0.717) is 6.04 Å². The van der Waals surface area contributed by atoms with Gasteiger partial charge in [-0.3, -0.25) is 4.90 Å². The Hall–Kier alpha value is -1.39. The molecule has 2 aliphatic heterocycles. The van der Waals surface area contributed by atoms with Crippen LogP contribution in [0.4, 0.5) is 0 Å². The zero-order valence-corrected chi connectivity index (χ0v) is 11.4. The highest BCUT2D eigenvalue weighted by molar-refractivity contribution is 5.79. The van der Waals surface area contributed by atoms with Crippen molar-refractivity contribution in [2.45, 2.75) is 19.0 Å². The standard InChI is InChI=1S/C15H20N4/c1-17-5-7-18(8-6-17)13-9-12-3-2-4-14-15(12)19(10-13)11-16-14/h2-4,11,13H,5-10H2,1H3. The van der Waals surface area contributed by atoms with Gasteiger partial charge in [-0.25, -0.2) is 4.98 Å². The summed E-state index contributed by atoms with van der Waals surface area (Å²) in [4.78, 5) is 9.59. The topological polar surface area (TPSA) is 24.3 Å². The van der Waals surface area contributed by atoms with Gasteiger partial charge in [-0.15, -0.1) is 0 Å². The molecule has 1 saturated heterocycles. The third-order valence-corrected chi connectivity index (χ3v) is 4.64. The van der Waals surface area contributed by atoms with Gasteiger partial charge in [0.15, 0.2) is 0 Å². The summed E-state index contributed by atoms with van der Waals surface area (Å²) in [5.74, 6) is 0. The third kappa shape index (κ3) is 1.86. The van der Waals surface area contributed by atoms with Crippen LogP contribution in [-0.4, -0.2) is 58.6 Å². The van der Waals surface area contributed by atoms with Crippen LogP contribution in [0.3, 0.4) is 0 Å². The lowest BCUT2D eigenvalue weighted by molar-refractivity contribution is 0.100. The maximum atomic E-state index is 4.52. The molecule has 2 aliphatic rings. The smallest absolute Gasteiger partial charge is 0.0958 e. The molecule has 0 N–H and O–H groups in total.